The van der Waals surface area contributed by atoms with Crippen molar-refractivity contribution in [1.29, 1.82) is 0 Å². The lowest BCUT2D eigenvalue weighted by Crippen LogP contribution is -2.07. The van der Waals surface area contributed by atoms with E-state index in [1.54, 1.807) is 14.2 Å². The van der Waals surface area contributed by atoms with E-state index < -0.39 is 6.10 Å². The van der Waals surface area contributed by atoms with Crippen LogP contribution in [0.25, 0.3) is 0 Å². The van der Waals surface area contributed by atoms with Crippen molar-refractivity contribution in [2.75, 3.05) is 14.2 Å². The number of ether oxygens (including phenoxy) is 2. The van der Waals surface area contributed by atoms with Gasteiger partial charge in [0.2, 0.25) is 0 Å². The summed E-state index contributed by atoms with van der Waals surface area (Å²) in [6.45, 7) is 4.32. The number of benzene rings is 1. The molecular formula is C15H24O3. The Kier molecular flexibility index (Phi) is 5.99. The molecule has 0 amide bonds. The molecule has 0 saturated heterocycles. The third-order valence-electron chi connectivity index (χ3n) is 3.51. The zero-order valence-electron chi connectivity index (χ0n) is 11.8. The van der Waals surface area contributed by atoms with Gasteiger partial charge in [0, 0.05) is 11.6 Å². The minimum Gasteiger partial charge on any atom is -0.497 e. The molecule has 1 unspecified atom stereocenters. The third-order valence-corrected chi connectivity index (χ3v) is 3.51. The van der Waals surface area contributed by atoms with Crippen molar-refractivity contribution in [3.05, 3.63) is 23.8 Å². The van der Waals surface area contributed by atoms with Gasteiger partial charge < -0.3 is 14.6 Å². The first kappa shape index (κ1) is 14.8. The van der Waals surface area contributed by atoms with Crippen molar-refractivity contribution < 1.29 is 14.6 Å². The fraction of sp³-hybridized carbons (Fsp3) is 0.600. The molecule has 0 aromatic heterocycles. The number of rotatable bonds is 7. The standard InChI is InChI=1S/C15H24O3/c1-5-11(6-2)9-14(16)13-8-7-12(17-3)10-15(13)18-4/h7-8,10-11,14,16H,5-6,9H2,1-4H3. The van der Waals surface area contributed by atoms with E-state index in [0.717, 1.165) is 30.6 Å². The average molecular weight is 252 g/mol. The van der Waals surface area contributed by atoms with Gasteiger partial charge in [0.25, 0.3) is 0 Å². The first-order chi connectivity index (χ1) is 8.65. The maximum atomic E-state index is 10.3. The van der Waals surface area contributed by atoms with Gasteiger partial charge >= 0.3 is 0 Å². The second-order valence-corrected chi connectivity index (χ2v) is 4.54. The molecule has 0 saturated carbocycles. The predicted molar refractivity (Wildman–Crippen MR) is 73.2 cm³/mol. The van der Waals surface area contributed by atoms with Gasteiger partial charge in [0.05, 0.1) is 20.3 Å². The summed E-state index contributed by atoms with van der Waals surface area (Å²) in [6, 6.07) is 5.55. The van der Waals surface area contributed by atoms with Gasteiger partial charge in [-0.15, -0.1) is 0 Å². The first-order valence-corrected chi connectivity index (χ1v) is 6.56. The monoisotopic (exact) mass is 252 g/mol. The van der Waals surface area contributed by atoms with Crippen LogP contribution in [-0.4, -0.2) is 19.3 Å². The minimum absolute atomic E-state index is 0.476. The summed E-state index contributed by atoms with van der Waals surface area (Å²) in [4.78, 5) is 0. The summed E-state index contributed by atoms with van der Waals surface area (Å²) in [5.41, 5.74) is 0.838. The maximum Gasteiger partial charge on any atom is 0.128 e. The van der Waals surface area contributed by atoms with Crippen LogP contribution in [-0.2, 0) is 0 Å². The van der Waals surface area contributed by atoms with Gasteiger partial charge in [0.15, 0.2) is 0 Å². The second kappa shape index (κ2) is 7.27. The van der Waals surface area contributed by atoms with E-state index >= 15 is 0 Å². The predicted octanol–water partition coefficient (Wildman–Crippen LogP) is 3.56. The Morgan fingerprint density at radius 3 is 2.28 bits per heavy atom. The van der Waals surface area contributed by atoms with Crippen LogP contribution >= 0.6 is 0 Å². The molecule has 1 N–H and O–H groups in total. The topological polar surface area (TPSA) is 38.7 Å². The summed E-state index contributed by atoms with van der Waals surface area (Å²) < 4.78 is 10.5. The fourth-order valence-corrected chi connectivity index (χ4v) is 2.16. The van der Waals surface area contributed by atoms with Gasteiger partial charge in [-0.3, -0.25) is 0 Å². The number of aliphatic hydroxyl groups is 1. The van der Waals surface area contributed by atoms with Gasteiger partial charge in [0.1, 0.15) is 11.5 Å². The number of aliphatic hydroxyl groups excluding tert-OH is 1. The highest BCUT2D eigenvalue weighted by Gasteiger charge is 2.17. The normalized spacial score (nSPS) is 12.6. The van der Waals surface area contributed by atoms with Gasteiger partial charge in [-0.2, -0.15) is 0 Å². The highest BCUT2D eigenvalue weighted by molar-refractivity contribution is 5.41. The fourth-order valence-electron chi connectivity index (χ4n) is 2.16. The van der Waals surface area contributed by atoms with Crippen molar-refractivity contribution in [3.8, 4) is 11.5 Å². The highest BCUT2D eigenvalue weighted by atomic mass is 16.5. The van der Waals surface area contributed by atoms with Crippen molar-refractivity contribution >= 4 is 0 Å². The van der Waals surface area contributed by atoms with Crippen molar-refractivity contribution in [2.24, 2.45) is 5.92 Å². The molecule has 0 aliphatic carbocycles. The number of hydrogen-bond acceptors (Lipinski definition) is 3. The zero-order chi connectivity index (χ0) is 13.5. The molecule has 1 aromatic rings. The average Bonchev–Trinajstić information content (AvgIpc) is 2.43. The lowest BCUT2D eigenvalue weighted by atomic mass is 9.92. The third kappa shape index (κ3) is 3.64. The van der Waals surface area contributed by atoms with Crippen LogP contribution in [0.4, 0.5) is 0 Å². The van der Waals surface area contributed by atoms with Crippen molar-refractivity contribution in [1.82, 2.24) is 0 Å². The van der Waals surface area contributed by atoms with Crippen molar-refractivity contribution in [2.45, 2.75) is 39.2 Å². The van der Waals surface area contributed by atoms with E-state index in [2.05, 4.69) is 13.8 Å². The summed E-state index contributed by atoms with van der Waals surface area (Å²) >= 11 is 0. The molecule has 0 radical (unpaired) electrons. The summed E-state index contributed by atoms with van der Waals surface area (Å²) in [6.07, 6.45) is 2.48. The quantitative estimate of drug-likeness (QED) is 0.806. The van der Waals surface area contributed by atoms with E-state index in [9.17, 15) is 5.11 Å². The molecule has 18 heavy (non-hydrogen) atoms. The maximum absolute atomic E-state index is 10.3. The van der Waals surface area contributed by atoms with E-state index in [-0.39, 0.29) is 0 Å². The van der Waals surface area contributed by atoms with E-state index in [1.807, 2.05) is 18.2 Å². The molecule has 0 bridgehead atoms. The van der Waals surface area contributed by atoms with Crippen LogP contribution in [0.15, 0.2) is 18.2 Å². The minimum atomic E-state index is -0.476. The van der Waals surface area contributed by atoms with Crippen molar-refractivity contribution in [3.63, 3.8) is 0 Å². The lowest BCUT2D eigenvalue weighted by molar-refractivity contribution is 0.137. The Labute approximate surface area is 110 Å². The molecule has 0 heterocycles. The lowest BCUT2D eigenvalue weighted by Gasteiger charge is -2.20. The zero-order valence-corrected chi connectivity index (χ0v) is 11.8. The largest absolute Gasteiger partial charge is 0.497 e. The summed E-state index contributed by atoms with van der Waals surface area (Å²) in [5.74, 6) is 1.98. The van der Waals surface area contributed by atoms with Crippen LogP contribution in [0.1, 0.15) is 44.8 Å². The first-order valence-electron chi connectivity index (χ1n) is 6.56. The molecule has 0 aliphatic heterocycles. The molecule has 0 aliphatic rings. The van der Waals surface area contributed by atoms with E-state index in [4.69, 9.17) is 9.47 Å². The van der Waals surface area contributed by atoms with Crippen LogP contribution in [0.2, 0.25) is 0 Å². The van der Waals surface area contributed by atoms with Crippen LogP contribution in [0.3, 0.4) is 0 Å². The highest BCUT2D eigenvalue weighted by Crippen LogP contribution is 2.33. The van der Waals surface area contributed by atoms with E-state index in [1.165, 1.54) is 0 Å². The molecule has 1 aromatic carbocycles. The van der Waals surface area contributed by atoms with Gasteiger partial charge in [-0.25, -0.2) is 0 Å². The molecule has 0 spiro atoms. The molecule has 1 rings (SSSR count). The van der Waals surface area contributed by atoms with Crippen LogP contribution in [0, 0.1) is 5.92 Å². The van der Waals surface area contributed by atoms with Gasteiger partial charge in [-0.1, -0.05) is 26.7 Å². The second-order valence-electron chi connectivity index (χ2n) is 4.54. The van der Waals surface area contributed by atoms with Crippen LogP contribution in [0.5, 0.6) is 11.5 Å². The smallest absolute Gasteiger partial charge is 0.128 e. The number of methoxy groups -OCH3 is 2. The Morgan fingerprint density at radius 1 is 1.11 bits per heavy atom. The molecule has 0 fully saturated rings. The molecular weight excluding hydrogens is 228 g/mol. The molecule has 1 atom stereocenters. The summed E-state index contributed by atoms with van der Waals surface area (Å²) in [7, 11) is 3.23. The number of hydrogen-bond donors (Lipinski definition) is 1. The Hall–Kier alpha value is -1.22. The van der Waals surface area contributed by atoms with Crippen LogP contribution < -0.4 is 9.47 Å². The molecule has 102 valence electrons. The Bertz CT molecular complexity index is 359. The Balaban J connectivity index is 2.87. The molecule has 3 heteroatoms. The van der Waals surface area contributed by atoms with E-state index in [0.29, 0.717) is 11.7 Å². The van der Waals surface area contributed by atoms with Gasteiger partial charge in [-0.05, 0) is 24.5 Å². The Morgan fingerprint density at radius 2 is 1.78 bits per heavy atom. The molecule has 3 nitrogen and oxygen atoms in total. The SMILES string of the molecule is CCC(CC)CC(O)c1ccc(OC)cc1OC. The summed E-state index contributed by atoms with van der Waals surface area (Å²) in [5, 5.41) is 10.3.